The van der Waals surface area contributed by atoms with Gasteiger partial charge in [-0.3, -0.25) is 28.9 Å². The lowest BCUT2D eigenvalue weighted by molar-refractivity contribution is -0.0511. The third kappa shape index (κ3) is 5.39. The van der Waals surface area contributed by atoms with Crippen molar-refractivity contribution in [3.63, 3.8) is 0 Å². The zero-order chi connectivity index (χ0) is 27.4. The van der Waals surface area contributed by atoms with E-state index in [9.17, 15) is 29.4 Å². The van der Waals surface area contributed by atoms with Gasteiger partial charge in [0, 0.05) is 12.3 Å². The van der Waals surface area contributed by atoms with Gasteiger partial charge in [-0.15, -0.1) is 0 Å². The molecule has 19 nitrogen and oxygen atoms in total. The number of nitrogens with two attached hydrogens (primary N) is 1. The lowest BCUT2D eigenvalue weighted by Crippen LogP contribution is -2.33. The monoisotopic (exact) mass is 531 g/mol. The molecule has 200 valence electrons. The van der Waals surface area contributed by atoms with Crippen LogP contribution < -0.4 is 28.1 Å². The highest BCUT2D eigenvalue weighted by molar-refractivity contribution is 5.69. The summed E-state index contributed by atoms with van der Waals surface area (Å²) in [6.07, 6.45) is 0.904. The number of rotatable bonds is 2. The summed E-state index contributed by atoms with van der Waals surface area (Å²) in [6.45, 7) is -0.421. The number of nitrogens with one attached hydrogen (secondary N) is 5. The van der Waals surface area contributed by atoms with Gasteiger partial charge < -0.3 is 40.7 Å². The maximum absolute atomic E-state index is 11.5. The first kappa shape index (κ1) is 26.1. The van der Waals surface area contributed by atoms with Crippen LogP contribution in [0.4, 0.5) is 5.95 Å². The molecule has 0 aliphatic carbocycles. The summed E-state index contributed by atoms with van der Waals surface area (Å²) >= 11 is 0. The van der Waals surface area contributed by atoms with E-state index in [-0.39, 0.29) is 28.2 Å². The molecule has 0 amide bonds. The number of aliphatic hydroxyl groups is 3. The maximum atomic E-state index is 11.5. The summed E-state index contributed by atoms with van der Waals surface area (Å²) < 4.78 is 6.70. The Hall–Kier alpha value is -4.98. The van der Waals surface area contributed by atoms with Gasteiger partial charge in [-0.2, -0.15) is 4.98 Å². The Labute approximate surface area is 208 Å². The molecule has 0 unspecified atom stereocenters. The molecule has 19 heteroatoms. The van der Waals surface area contributed by atoms with E-state index in [1.54, 1.807) is 0 Å². The number of aromatic nitrogens is 10. The molecule has 1 saturated heterocycles. The molecule has 6 heterocycles. The van der Waals surface area contributed by atoms with Crippen molar-refractivity contribution in [2.45, 2.75) is 24.5 Å². The second-order valence-electron chi connectivity index (χ2n) is 7.63. The fourth-order valence-electron chi connectivity index (χ4n) is 3.40. The summed E-state index contributed by atoms with van der Waals surface area (Å²) in [4.78, 5) is 70.0. The molecule has 1 aliphatic heterocycles. The standard InChI is InChI=1S/C10H12N4O5.C5H5N5O.C4H4N2O2/c15-1-4-6(16)7(17)10(19-4)14-3-13-5-8(14)11-2-12-9(5)18;6-5-9-3-2(4(11)10-5)7-1-8-3;7-3-1-2-5-4(8)6-3/h2-4,6-7,10,15-17H,1H2,(H,11,12,18);1H,(H4,6,7,8,9,10,11);1-2H,(H2,5,6,7,8)/t4-,6-,7-,10-;;/m1../s1. The molecule has 0 radical (unpaired) electrons. The first-order valence-corrected chi connectivity index (χ1v) is 10.7. The Morgan fingerprint density at radius 2 is 1.74 bits per heavy atom. The lowest BCUT2D eigenvalue weighted by atomic mass is 10.1. The summed E-state index contributed by atoms with van der Waals surface area (Å²) in [5.41, 5.74) is 4.73. The first-order chi connectivity index (χ1) is 18.2. The molecule has 5 aromatic rings. The third-order valence-electron chi connectivity index (χ3n) is 5.16. The number of imidazole rings is 2. The summed E-state index contributed by atoms with van der Waals surface area (Å²) in [5, 5.41) is 28.6. The number of H-pyrrole nitrogens is 5. The van der Waals surface area contributed by atoms with Crippen LogP contribution in [0, 0.1) is 0 Å². The average Bonchev–Trinajstić information content (AvgIpc) is 3.59. The fourth-order valence-corrected chi connectivity index (χ4v) is 3.40. The minimum atomic E-state index is -1.24. The largest absolute Gasteiger partial charge is 0.394 e. The fraction of sp³-hybridized carbons (Fsp3) is 0.263. The van der Waals surface area contributed by atoms with Crippen LogP contribution in [0.1, 0.15) is 6.23 Å². The Morgan fingerprint density at radius 3 is 2.39 bits per heavy atom. The van der Waals surface area contributed by atoms with Gasteiger partial charge in [-0.1, -0.05) is 0 Å². The molecular weight excluding hydrogens is 510 g/mol. The van der Waals surface area contributed by atoms with E-state index in [1.807, 2.05) is 4.98 Å². The minimum absolute atomic E-state index is 0.0783. The summed E-state index contributed by atoms with van der Waals surface area (Å²) in [5.74, 6) is 0.0783. The highest BCUT2D eigenvalue weighted by Gasteiger charge is 2.43. The molecule has 0 spiro atoms. The number of hydrogen-bond donors (Lipinski definition) is 9. The summed E-state index contributed by atoms with van der Waals surface area (Å²) in [7, 11) is 0. The van der Waals surface area contributed by atoms with E-state index in [0.29, 0.717) is 11.2 Å². The van der Waals surface area contributed by atoms with E-state index in [2.05, 4.69) is 39.9 Å². The number of anilines is 1. The van der Waals surface area contributed by atoms with Gasteiger partial charge in [-0.25, -0.2) is 19.7 Å². The lowest BCUT2D eigenvalue weighted by Gasteiger charge is -2.16. The van der Waals surface area contributed by atoms with Crippen molar-refractivity contribution in [1.29, 1.82) is 0 Å². The van der Waals surface area contributed by atoms with Gasteiger partial charge in [-0.05, 0) is 0 Å². The van der Waals surface area contributed by atoms with Crippen molar-refractivity contribution in [2.24, 2.45) is 0 Å². The van der Waals surface area contributed by atoms with Crippen LogP contribution in [-0.4, -0.2) is 89.7 Å². The quantitative estimate of drug-likeness (QED) is 0.105. The van der Waals surface area contributed by atoms with Gasteiger partial charge in [0.25, 0.3) is 16.7 Å². The van der Waals surface area contributed by atoms with Crippen LogP contribution in [-0.2, 0) is 4.74 Å². The number of nitrogen functional groups attached to an aromatic ring is 1. The first-order valence-electron chi connectivity index (χ1n) is 10.7. The number of nitrogens with zero attached hydrogens (tertiary/aromatic N) is 5. The minimum Gasteiger partial charge on any atom is -0.394 e. The van der Waals surface area contributed by atoms with Crippen molar-refractivity contribution in [3.05, 3.63) is 72.8 Å². The number of aliphatic hydroxyl groups excluding tert-OH is 3. The van der Waals surface area contributed by atoms with E-state index >= 15 is 0 Å². The second-order valence-corrected chi connectivity index (χ2v) is 7.63. The van der Waals surface area contributed by atoms with E-state index in [0.717, 1.165) is 0 Å². The van der Waals surface area contributed by atoms with E-state index in [1.165, 1.54) is 35.8 Å². The number of ether oxygens (including phenoxy) is 1. The molecule has 10 N–H and O–H groups in total. The van der Waals surface area contributed by atoms with Crippen molar-refractivity contribution in [3.8, 4) is 0 Å². The molecule has 0 saturated carbocycles. The molecular formula is C19H21N11O8. The highest BCUT2D eigenvalue weighted by atomic mass is 16.6. The molecule has 1 aliphatic rings. The van der Waals surface area contributed by atoms with Gasteiger partial charge >= 0.3 is 5.69 Å². The summed E-state index contributed by atoms with van der Waals surface area (Å²) in [6, 6.07) is 1.24. The van der Waals surface area contributed by atoms with Gasteiger partial charge in [0.1, 0.15) is 18.3 Å². The van der Waals surface area contributed by atoms with E-state index in [4.69, 9.17) is 15.6 Å². The van der Waals surface area contributed by atoms with Gasteiger partial charge in [0.2, 0.25) is 5.95 Å². The maximum Gasteiger partial charge on any atom is 0.325 e. The van der Waals surface area contributed by atoms with Crippen LogP contribution in [0.2, 0.25) is 0 Å². The SMILES string of the molecule is Nc1nc2nc[nH]c2c(=O)[nH]1.O=c1[nH]cnc2c1ncn2[C@@H]1O[C@H](CO)[C@@H](O)[C@H]1O.O=c1cc[nH]c(=O)[nH]1. The molecule has 0 bridgehead atoms. The Balaban J connectivity index is 0.000000149. The zero-order valence-corrected chi connectivity index (χ0v) is 19.1. The molecule has 6 rings (SSSR count). The van der Waals surface area contributed by atoms with Crippen LogP contribution >= 0.6 is 0 Å². The van der Waals surface area contributed by atoms with Gasteiger partial charge in [0.15, 0.2) is 28.6 Å². The Kier molecular flexibility index (Phi) is 7.53. The Bertz CT molecular complexity index is 1740. The smallest absolute Gasteiger partial charge is 0.325 e. The molecule has 1 fully saturated rings. The van der Waals surface area contributed by atoms with Crippen molar-refractivity contribution in [2.75, 3.05) is 12.3 Å². The van der Waals surface area contributed by atoms with Gasteiger partial charge in [0.05, 0.1) is 25.6 Å². The average molecular weight is 531 g/mol. The predicted octanol–water partition coefficient (Wildman–Crippen LogP) is -3.98. The molecule has 38 heavy (non-hydrogen) atoms. The normalized spacial score (nSPS) is 20.5. The van der Waals surface area contributed by atoms with Crippen molar-refractivity contribution in [1.82, 2.24) is 49.4 Å². The van der Waals surface area contributed by atoms with Crippen LogP contribution in [0.15, 0.2) is 50.4 Å². The van der Waals surface area contributed by atoms with Crippen molar-refractivity contribution >= 4 is 28.3 Å². The van der Waals surface area contributed by atoms with Crippen LogP contribution in [0.5, 0.6) is 0 Å². The highest BCUT2D eigenvalue weighted by Crippen LogP contribution is 2.30. The number of hydrogen-bond acceptors (Lipinski definition) is 13. The predicted molar refractivity (Wildman–Crippen MR) is 128 cm³/mol. The molecule has 0 aromatic carbocycles. The van der Waals surface area contributed by atoms with E-state index < -0.39 is 42.4 Å². The topological polar surface area (TPSA) is 300 Å². The third-order valence-corrected chi connectivity index (χ3v) is 5.16. The second kappa shape index (κ2) is 11.0. The van der Waals surface area contributed by atoms with Crippen molar-refractivity contribution < 1.29 is 20.1 Å². The zero-order valence-electron chi connectivity index (χ0n) is 19.1. The number of fused-ring (bicyclic) bond motifs is 2. The molecule has 5 aromatic heterocycles. The molecule has 4 atom stereocenters. The van der Waals surface area contributed by atoms with Crippen LogP contribution in [0.3, 0.4) is 0 Å². The van der Waals surface area contributed by atoms with Crippen LogP contribution in [0.25, 0.3) is 22.3 Å². The Morgan fingerprint density at radius 1 is 0.974 bits per heavy atom. The number of aromatic amines is 5.